The monoisotopic (exact) mass is 306 g/mol. The molecule has 1 heterocycles. The van der Waals surface area contributed by atoms with Crippen LogP contribution in [0.4, 0.5) is 0 Å². The number of nitrogens with zero attached hydrogens (tertiary/aromatic N) is 2. The van der Waals surface area contributed by atoms with E-state index < -0.39 is 0 Å². The van der Waals surface area contributed by atoms with Gasteiger partial charge in [0, 0.05) is 38.7 Å². The molecular formula is C16H22N2O4. The summed E-state index contributed by atoms with van der Waals surface area (Å²) < 4.78 is 10.7. The van der Waals surface area contributed by atoms with Gasteiger partial charge in [0.2, 0.25) is 5.91 Å². The lowest BCUT2D eigenvalue weighted by Gasteiger charge is -2.34. The molecule has 2 rings (SSSR count). The van der Waals surface area contributed by atoms with Crippen LogP contribution in [0.3, 0.4) is 0 Å². The second-order valence-electron chi connectivity index (χ2n) is 5.10. The maximum atomic E-state index is 12.5. The van der Waals surface area contributed by atoms with Crippen LogP contribution < -0.4 is 9.47 Å². The third-order valence-corrected chi connectivity index (χ3v) is 3.72. The van der Waals surface area contributed by atoms with Crippen molar-refractivity contribution in [1.29, 1.82) is 0 Å². The van der Waals surface area contributed by atoms with Crippen molar-refractivity contribution in [2.45, 2.75) is 13.8 Å². The molecule has 120 valence electrons. The number of hydrogen-bond acceptors (Lipinski definition) is 4. The maximum Gasteiger partial charge on any atom is 0.254 e. The van der Waals surface area contributed by atoms with Gasteiger partial charge in [-0.1, -0.05) is 0 Å². The lowest BCUT2D eigenvalue weighted by Crippen LogP contribution is -2.50. The van der Waals surface area contributed by atoms with E-state index >= 15 is 0 Å². The number of rotatable bonds is 4. The number of piperazine rings is 1. The molecule has 0 N–H and O–H groups in total. The van der Waals surface area contributed by atoms with E-state index in [2.05, 4.69) is 0 Å². The zero-order valence-electron chi connectivity index (χ0n) is 13.3. The van der Waals surface area contributed by atoms with Crippen molar-refractivity contribution in [1.82, 2.24) is 9.80 Å². The fourth-order valence-corrected chi connectivity index (χ4v) is 2.48. The molecule has 22 heavy (non-hydrogen) atoms. The van der Waals surface area contributed by atoms with E-state index in [9.17, 15) is 9.59 Å². The van der Waals surface area contributed by atoms with E-state index in [1.54, 1.807) is 42.0 Å². The Labute approximate surface area is 130 Å². The summed E-state index contributed by atoms with van der Waals surface area (Å²) in [6.45, 7) is 6.24. The van der Waals surface area contributed by atoms with Gasteiger partial charge in [0.1, 0.15) is 0 Å². The van der Waals surface area contributed by atoms with E-state index in [1.165, 1.54) is 0 Å². The van der Waals surface area contributed by atoms with Gasteiger partial charge in [-0.15, -0.1) is 0 Å². The number of carbonyl (C=O) groups is 2. The zero-order valence-corrected chi connectivity index (χ0v) is 13.3. The van der Waals surface area contributed by atoms with Crippen molar-refractivity contribution >= 4 is 11.8 Å². The zero-order chi connectivity index (χ0) is 16.1. The molecule has 0 bridgehead atoms. The molecule has 1 aromatic carbocycles. The normalized spacial score (nSPS) is 14.7. The Bertz CT molecular complexity index is 551. The van der Waals surface area contributed by atoms with E-state index in [-0.39, 0.29) is 11.8 Å². The quantitative estimate of drug-likeness (QED) is 0.843. The molecule has 0 saturated carbocycles. The smallest absolute Gasteiger partial charge is 0.254 e. The number of carbonyl (C=O) groups excluding carboxylic acids is 2. The predicted molar refractivity (Wildman–Crippen MR) is 82.3 cm³/mol. The van der Waals surface area contributed by atoms with Crippen molar-refractivity contribution in [2.24, 2.45) is 0 Å². The highest BCUT2D eigenvalue weighted by atomic mass is 16.5. The molecule has 1 aliphatic rings. The van der Waals surface area contributed by atoms with Crippen LogP contribution in [0.1, 0.15) is 24.2 Å². The Morgan fingerprint density at radius 3 is 2.27 bits per heavy atom. The highest BCUT2D eigenvalue weighted by Crippen LogP contribution is 2.28. The first-order valence-electron chi connectivity index (χ1n) is 7.42. The second kappa shape index (κ2) is 7.15. The topological polar surface area (TPSA) is 59.1 Å². The van der Waals surface area contributed by atoms with E-state index in [1.807, 2.05) is 6.92 Å². The molecule has 1 saturated heterocycles. The third-order valence-electron chi connectivity index (χ3n) is 3.72. The van der Waals surface area contributed by atoms with Crippen LogP contribution in [0.5, 0.6) is 11.5 Å². The molecule has 1 fully saturated rings. The minimum atomic E-state index is -0.0513. The Hall–Kier alpha value is -2.24. The first-order valence-corrected chi connectivity index (χ1v) is 7.42. The Balaban J connectivity index is 2.08. The predicted octanol–water partition coefficient (Wildman–Crippen LogP) is 1.40. The average molecular weight is 306 g/mol. The van der Waals surface area contributed by atoms with Gasteiger partial charge in [-0.05, 0) is 25.1 Å². The van der Waals surface area contributed by atoms with Crippen LogP contribution in [-0.4, -0.2) is 61.5 Å². The summed E-state index contributed by atoms with van der Waals surface area (Å²) in [6, 6.07) is 5.19. The highest BCUT2D eigenvalue weighted by molar-refractivity contribution is 5.95. The van der Waals surface area contributed by atoms with Crippen molar-refractivity contribution < 1.29 is 19.1 Å². The summed E-state index contributed by atoms with van der Waals surface area (Å²) >= 11 is 0. The van der Waals surface area contributed by atoms with Crippen LogP contribution in [0.25, 0.3) is 0 Å². The fourth-order valence-electron chi connectivity index (χ4n) is 2.48. The average Bonchev–Trinajstić information content (AvgIpc) is 2.55. The van der Waals surface area contributed by atoms with Gasteiger partial charge in [0.15, 0.2) is 11.5 Å². The van der Waals surface area contributed by atoms with Gasteiger partial charge in [-0.2, -0.15) is 0 Å². The molecule has 0 atom stereocenters. The van der Waals surface area contributed by atoms with Gasteiger partial charge in [-0.3, -0.25) is 9.59 Å². The molecule has 1 aliphatic heterocycles. The van der Waals surface area contributed by atoms with Crippen LogP contribution in [0, 0.1) is 0 Å². The first kappa shape index (κ1) is 16.1. The number of benzene rings is 1. The van der Waals surface area contributed by atoms with Gasteiger partial charge < -0.3 is 19.3 Å². The SMILES string of the molecule is CCOc1ccc(C(=O)N2CCN(C(C)=O)CC2)cc1OC. The number of amides is 2. The Morgan fingerprint density at radius 1 is 1.09 bits per heavy atom. The van der Waals surface area contributed by atoms with Gasteiger partial charge in [0.25, 0.3) is 5.91 Å². The van der Waals surface area contributed by atoms with Gasteiger partial charge >= 0.3 is 0 Å². The van der Waals surface area contributed by atoms with Crippen LogP contribution >= 0.6 is 0 Å². The molecule has 1 aromatic rings. The van der Waals surface area contributed by atoms with Crippen LogP contribution in [0.2, 0.25) is 0 Å². The lowest BCUT2D eigenvalue weighted by atomic mass is 10.1. The number of hydrogen-bond donors (Lipinski definition) is 0. The summed E-state index contributed by atoms with van der Waals surface area (Å²) in [5.74, 6) is 1.18. The third kappa shape index (κ3) is 3.50. The maximum absolute atomic E-state index is 12.5. The highest BCUT2D eigenvalue weighted by Gasteiger charge is 2.23. The largest absolute Gasteiger partial charge is 0.493 e. The summed E-state index contributed by atoms with van der Waals surface area (Å²) in [5.41, 5.74) is 0.566. The standard InChI is InChI=1S/C16H22N2O4/c1-4-22-14-6-5-13(11-15(14)21-3)16(20)18-9-7-17(8-10-18)12(2)19/h5-6,11H,4,7-10H2,1-3H3. The van der Waals surface area contributed by atoms with Crippen molar-refractivity contribution in [2.75, 3.05) is 39.9 Å². The minimum absolute atomic E-state index is 0.0508. The molecule has 6 nitrogen and oxygen atoms in total. The summed E-state index contributed by atoms with van der Waals surface area (Å²) in [6.07, 6.45) is 0. The molecule has 0 aliphatic carbocycles. The first-order chi connectivity index (χ1) is 10.6. The summed E-state index contributed by atoms with van der Waals surface area (Å²) in [5, 5.41) is 0. The summed E-state index contributed by atoms with van der Waals surface area (Å²) in [4.78, 5) is 27.4. The molecule has 0 radical (unpaired) electrons. The molecule has 0 aromatic heterocycles. The Kier molecular flexibility index (Phi) is 5.25. The van der Waals surface area contributed by atoms with E-state index in [4.69, 9.17) is 9.47 Å². The van der Waals surface area contributed by atoms with Crippen molar-refractivity contribution in [3.8, 4) is 11.5 Å². The van der Waals surface area contributed by atoms with E-state index in [0.717, 1.165) is 0 Å². The fraction of sp³-hybridized carbons (Fsp3) is 0.500. The Morgan fingerprint density at radius 2 is 1.73 bits per heavy atom. The molecule has 6 heteroatoms. The minimum Gasteiger partial charge on any atom is -0.493 e. The molecule has 0 unspecified atom stereocenters. The van der Waals surface area contributed by atoms with Crippen LogP contribution in [-0.2, 0) is 4.79 Å². The summed E-state index contributed by atoms with van der Waals surface area (Å²) in [7, 11) is 1.55. The molecule has 0 spiro atoms. The van der Waals surface area contributed by atoms with Crippen molar-refractivity contribution in [3.63, 3.8) is 0 Å². The van der Waals surface area contributed by atoms with Gasteiger partial charge in [-0.25, -0.2) is 0 Å². The van der Waals surface area contributed by atoms with Gasteiger partial charge in [0.05, 0.1) is 13.7 Å². The molecule has 2 amide bonds. The van der Waals surface area contributed by atoms with E-state index in [0.29, 0.717) is 49.8 Å². The number of ether oxygens (including phenoxy) is 2. The van der Waals surface area contributed by atoms with Crippen LogP contribution in [0.15, 0.2) is 18.2 Å². The lowest BCUT2D eigenvalue weighted by molar-refractivity contribution is -0.130. The second-order valence-corrected chi connectivity index (χ2v) is 5.10. The number of methoxy groups -OCH3 is 1. The van der Waals surface area contributed by atoms with Crippen molar-refractivity contribution in [3.05, 3.63) is 23.8 Å². The molecular weight excluding hydrogens is 284 g/mol.